The molecule has 0 amide bonds. The van der Waals surface area contributed by atoms with Crippen molar-refractivity contribution in [2.45, 2.75) is 61.6 Å². The van der Waals surface area contributed by atoms with Crippen LogP contribution in [0.5, 0.6) is 0 Å². The van der Waals surface area contributed by atoms with E-state index in [0.717, 1.165) is 0 Å². The monoisotopic (exact) mass is 496 g/mol. The van der Waals surface area contributed by atoms with Gasteiger partial charge in [0.15, 0.2) is 23.1 Å². The van der Waals surface area contributed by atoms with Gasteiger partial charge >= 0.3 is 15.6 Å². The second-order valence-corrected chi connectivity index (χ2v) is 8.53. The first kappa shape index (κ1) is 28.2. The normalized spacial score (nSPS) is 38.2. The molecule has 184 valence electrons. The summed E-state index contributed by atoms with van der Waals surface area (Å²) in [6, 6.07) is 0. The van der Waals surface area contributed by atoms with Gasteiger partial charge in [0, 0.05) is 6.92 Å². The number of halogens is 3. The summed E-state index contributed by atoms with van der Waals surface area (Å²) in [6.07, 6.45) is 0. The third kappa shape index (κ3) is 3.07. The van der Waals surface area contributed by atoms with E-state index in [2.05, 4.69) is 8.92 Å². The largest absolute Gasteiger partial charge is 0.523 e. The maximum absolute atomic E-state index is 13.0. The minimum Gasteiger partial charge on any atom is -0.391 e. The Bertz CT molecular complexity index is 978. The molecular formula is C15H19F3O13S. The molecule has 1 saturated heterocycles. The highest BCUT2D eigenvalue weighted by Gasteiger charge is 2.89. The zero-order valence-corrected chi connectivity index (χ0v) is 17.6. The fourth-order valence-corrected chi connectivity index (χ4v) is 4.15. The van der Waals surface area contributed by atoms with Crippen molar-refractivity contribution in [1.29, 1.82) is 0 Å². The van der Waals surface area contributed by atoms with Gasteiger partial charge in [-0.05, 0) is 20.8 Å². The van der Waals surface area contributed by atoms with Gasteiger partial charge in [0.25, 0.3) is 11.6 Å². The van der Waals surface area contributed by atoms with Crippen LogP contribution in [0.25, 0.3) is 0 Å². The van der Waals surface area contributed by atoms with Crippen molar-refractivity contribution in [3.63, 3.8) is 0 Å². The number of hydrogen-bond acceptors (Lipinski definition) is 13. The molecule has 0 aromatic carbocycles. The highest BCUT2D eigenvalue weighted by atomic mass is 32.2. The lowest BCUT2D eigenvalue weighted by molar-refractivity contribution is -0.456. The molecule has 0 unspecified atom stereocenters. The average molecular weight is 496 g/mol. The number of Topliss-reactive ketones (excluding diaryl/α,β-unsaturated/α-hetero) is 4. The predicted molar refractivity (Wildman–Crippen MR) is 89.5 cm³/mol. The Kier molecular flexibility index (Phi) is 6.68. The van der Waals surface area contributed by atoms with Gasteiger partial charge in [-0.15, -0.1) is 0 Å². The second-order valence-electron chi connectivity index (χ2n) is 7.00. The van der Waals surface area contributed by atoms with E-state index in [1.165, 1.54) is 0 Å². The molecular weight excluding hydrogens is 477 g/mol. The van der Waals surface area contributed by atoms with E-state index in [9.17, 15) is 66.3 Å². The summed E-state index contributed by atoms with van der Waals surface area (Å²) in [5.74, 6) is -16.9. The van der Waals surface area contributed by atoms with E-state index in [0.29, 0.717) is 13.8 Å². The van der Waals surface area contributed by atoms with E-state index in [-0.39, 0.29) is 13.8 Å². The van der Waals surface area contributed by atoms with Crippen LogP contribution in [0, 0.1) is 0 Å². The van der Waals surface area contributed by atoms with Gasteiger partial charge in [-0.1, -0.05) is 0 Å². The summed E-state index contributed by atoms with van der Waals surface area (Å²) in [5.41, 5.74) is -19.7. The molecule has 32 heavy (non-hydrogen) atoms. The van der Waals surface area contributed by atoms with Crippen LogP contribution >= 0.6 is 0 Å². The van der Waals surface area contributed by atoms with Crippen LogP contribution in [-0.2, 0) is 38.2 Å². The lowest BCUT2D eigenvalue weighted by Gasteiger charge is -2.62. The summed E-state index contributed by atoms with van der Waals surface area (Å²) in [5, 5.41) is 53.2. The standard InChI is InChI=1S/C15H19F3O13S/c1-6(20)11(24)10(5-19,31-32(28,29)15(16,17)18)30-14(27,9(4)23)13(26,8(3)22)12(11,25)7(2)21/h19,24-27H,5H2,1-4H3/t10-,11+,12-,13+,14+/m0/s1. The molecule has 17 heteroatoms. The molecule has 5 N–H and O–H groups in total. The van der Waals surface area contributed by atoms with E-state index in [1.807, 2.05) is 0 Å². The van der Waals surface area contributed by atoms with Crippen LogP contribution in [0.4, 0.5) is 13.2 Å². The van der Waals surface area contributed by atoms with Gasteiger partial charge in [-0.3, -0.25) is 19.2 Å². The number of ether oxygens (including phenoxy) is 1. The van der Waals surface area contributed by atoms with Crippen molar-refractivity contribution < 1.29 is 75.2 Å². The Labute approximate surface area is 177 Å². The number of hydrogen-bond donors (Lipinski definition) is 5. The zero-order chi connectivity index (χ0) is 25.9. The summed E-state index contributed by atoms with van der Waals surface area (Å²) in [7, 11) is -6.99. The Balaban J connectivity index is 4.37. The Morgan fingerprint density at radius 2 is 1.19 bits per heavy atom. The van der Waals surface area contributed by atoms with Crippen molar-refractivity contribution in [2.75, 3.05) is 6.61 Å². The number of alkyl halides is 3. The van der Waals surface area contributed by atoms with Crippen LogP contribution < -0.4 is 0 Å². The maximum Gasteiger partial charge on any atom is 0.523 e. The first-order chi connectivity index (χ1) is 14.0. The van der Waals surface area contributed by atoms with E-state index in [1.54, 1.807) is 0 Å². The third-order valence-corrected chi connectivity index (χ3v) is 6.20. The molecule has 0 spiro atoms. The Hall–Kier alpha value is -1.86. The molecule has 1 aliphatic rings. The minimum absolute atomic E-state index is 0.212. The summed E-state index contributed by atoms with van der Waals surface area (Å²) in [6.45, 7) is -1.30. The van der Waals surface area contributed by atoms with E-state index in [4.69, 9.17) is 0 Å². The average Bonchev–Trinajstić information content (AvgIpc) is 2.62. The highest BCUT2D eigenvalue weighted by Crippen LogP contribution is 2.56. The molecule has 0 radical (unpaired) electrons. The summed E-state index contributed by atoms with van der Waals surface area (Å²) < 4.78 is 70.2. The molecule has 1 fully saturated rings. The maximum atomic E-state index is 13.0. The van der Waals surface area contributed by atoms with Crippen molar-refractivity contribution in [3.8, 4) is 0 Å². The molecule has 1 aliphatic heterocycles. The number of ketones is 4. The smallest absolute Gasteiger partial charge is 0.391 e. The molecule has 13 nitrogen and oxygen atoms in total. The highest BCUT2D eigenvalue weighted by molar-refractivity contribution is 7.87. The van der Waals surface area contributed by atoms with Crippen molar-refractivity contribution in [1.82, 2.24) is 0 Å². The molecule has 0 aromatic heterocycles. The molecule has 1 rings (SSSR count). The number of aliphatic hydroxyl groups excluding tert-OH is 1. The van der Waals surface area contributed by atoms with Crippen molar-refractivity contribution in [3.05, 3.63) is 0 Å². The van der Waals surface area contributed by atoms with Gasteiger partial charge in [-0.2, -0.15) is 21.6 Å². The predicted octanol–water partition coefficient (Wildman–Crippen LogP) is -3.19. The van der Waals surface area contributed by atoms with Gasteiger partial charge < -0.3 is 30.3 Å². The molecule has 0 aliphatic carbocycles. The van der Waals surface area contributed by atoms with Gasteiger partial charge in [0.1, 0.15) is 6.61 Å². The summed E-state index contributed by atoms with van der Waals surface area (Å²) >= 11 is 0. The van der Waals surface area contributed by atoms with E-state index < -0.39 is 73.7 Å². The SMILES string of the molecule is CC(=O)[C@]1(O)[C@@](O)(C(C)=O)[C@](CO)(OS(=O)(=O)C(F)(F)F)O[C@](O)(C(C)=O)[C@@]1(O)C(C)=O. The number of rotatable bonds is 7. The van der Waals surface area contributed by atoms with Crippen molar-refractivity contribution >= 4 is 33.3 Å². The molecule has 0 saturated carbocycles. The molecule has 5 atom stereocenters. The number of aliphatic hydroxyl groups is 5. The summed E-state index contributed by atoms with van der Waals surface area (Å²) in [4.78, 5) is 49.1. The zero-order valence-electron chi connectivity index (χ0n) is 16.8. The lowest BCUT2D eigenvalue weighted by atomic mass is 9.56. The fourth-order valence-electron chi connectivity index (χ4n) is 3.50. The molecule has 0 bridgehead atoms. The number of carbonyl (C=O) groups excluding carboxylic acids is 4. The van der Waals surface area contributed by atoms with Gasteiger partial charge in [-0.25, -0.2) is 4.18 Å². The first-order valence-corrected chi connectivity index (χ1v) is 9.67. The van der Waals surface area contributed by atoms with Crippen LogP contribution in [-0.4, -0.2) is 97.6 Å². The first-order valence-electron chi connectivity index (χ1n) is 8.26. The minimum atomic E-state index is -6.99. The van der Waals surface area contributed by atoms with E-state index >= 15 is 0 Å². The van der Waals surface area contributed by atoms with Crippen LogP contribution in [0.1, 0.15) is 27.7 Å². The molecule has 1 heterocycles. The van der Waals surface area contributed by atoms with Crippen molar-refractivity contribution in [2.24, 2.45) is 0 Å². The Morgan fingerprint density at radius 1 is 0.812 bits per heavy atom. The lowest BCUT2D eigenvalue weighted by Crippen LogP contribution is -2.94. The topological polar surface area (TPSA) is 222 Å². The second kappa shape index (κ2) is 7.59. The third-order valence-electron chi connectivity index (χ3n) is 5.14. The Morgan fingerprint density at radius 3 is 1.44 bits per heavy atom. The molecule has 0 aromatic rings. The quantitative estimate of drug-likeness (QED) is 0.173. The van der Waals surface area contributed by atoms with Gasteiger partial charge in [0.2, 0.25) is 16.8 Å². The number of carbonyl (C=O) groups is 4. The van der Waals surface area contributed by atoms with Gasteiger partial charge in [0.05, 0.1) is 0 Å². The fraction of sp³-hybridized carbons (Fsp3) is 0.733. The van der Waals surface area contributed by atoms with Crippen LogP contribution in [0.15, 0.2) is 0 Å². The van der Waals surface area contributed by atoms with Crippen LogP contribution in [0.2, 0.25) is 0 Å². The van der Waals surface area contributed by atoms with Crippen LogP contribution in [0.3, 0.4) is 0 Å².